The van der Waals surface area contributed by atoms with Crippen molar-refractivity contribution in [3.05, 3.63) is 29.6 Å². The Morgan fingerprint density at radius 3 is 2.25 bits per heavy atom. The fourth-order valence-corrected chi connectivity index (χ4v) is 2.16. The van der Waals surface area contributed by atoms with Gasteiger partial charge in [-0.2, -0.15) is 0 Å². The number of hydrogen-bond acceptors (Lipinski definition) is 2. The highest BCUT2D eigenvalue weighted by Gasteiger charge is 2.15. The van der Waals surface area contributed by atoms with E-state index in [0.717, 1.165) is 12.3 Å². The summed E-state index contributed by atoms with van der Waals surface area (Å²) in [6, 6.07) is 4.20. The van der Waals surface area contributed by atoms with Gasteiger partial charge in [-0.3, -0.25) is 0 Å². The molecule has 66 valence electrons. The number of hydrogen-bond donors (Lipinski definition) is 0. The third kappa shape index (κ3) is 1.64. The monoisotopic (exact) mass is 188 g/mol. The van der Waals surface area contributed by atoms with Crippen LogP contribution in [0.15, 0.2) is 23.1 Å². The molecule has 0 bridgehead atoms. The lowest BCUT2D eigenvalue weighted by Gasteiger charge is -2.03. The number of halogens is 1. The Hall–Kier alpha value is -0.900. The Kier molecular flexibility index (Phi) is 2.19. The fourth-order valence-electron chi connectivity index (χ4n) is 1.09. The lowest BCUT2D eigenvalue weighted by atomic mass is 10.2. The smallest absolute Gasteiger partial charge is 0.178 e. The molecule has 0 N–H and O–H groups in total. The first kappa shape index (κ1) is 9.19. The van der Waals surface area contributed by atoms with Crippen LogP contribution in [0, 0.1) is 12.7 Å². The molecule has 2 nitrogen and oxygen atoms in total. The first-order valence-corrected chi connectivity index (χ1v) is 5.27. The van der Waals surface area contributed by atoms with Crippen molar-refractivity contribution in [2.75, 3.05) is 6.26 Å². The van der Waals surface area contributed by atoms with Crippen LogP contribution in [0.3, 0.4) is 0 Å². The minimum absolute atomic E-state index is 0.204. The molecule has 1 aromatic rings. The van der Waals surface area contributed by atoms with Crippen LogP contribution in [0.1, 0.15) is 5.56 Å². The van der Waals surface area contributed by atoms with Gasteiger partial charge in [-0.25, -0.2) is 12.8 Å². The Bertz CT molecular complexity index is 375. The summed E-state index contributed by atoms with van der Waals surface area (Å²) in [5, 5.41) is 0. The van der Waals surface area contributed by atoms with E-state index in [0.29, 0.717) is 5.56 Å². The summed E-state index contributed by atoms with van der Waals surface area (Å²) in [5.41, 5.74) is 0.442. The van der Waals surface area contributed by atoms with Gasteiger partial charge in [0.1, 0.15) is 10.7 Å². The third-order valence-corrected chi connectivity index (χ3v) is 2.79. The fraction of sp³-hybridized carbons (Fsp3) is 0.250. The molecule has 1 rings (SSSR count). The van der Waals surface area contributed by atoms with Gasteiger partial charge < -0.3 is 0 Å². The lowest BCUT2D eigenvalue weighted by molar-refractivity contribution is 0.568. The molecule has 0 unspecified atom stereocenters. The zero-order valence-corrected chi connectivity index (χ0v) is 7.65. The SMILES string of the molecule is Cc1cccc(F)c1S(C)(=O)=O. The lowest BCUT2D eigenvalue weighted by Crippen LogP contribution is -2.02. The highest BCUT2D eigenvalue weighted by atomic mass is 32.2. The van der Waals surface area contributed by atoms with E-state index in [-0.39, 0.29) is 4.90 Å². The van der Waals surface area contributed by atoms with Gasteiger partial charge in [0.25, 0.3) is 0 Å². The van der Waals surface area contributed by atoms with E-state index in [4.69, 9.17) is 0 Å². The Balaban J connectivity index is 3.53. The topological polar surface area (TPSA) is 34.1 Å². The zero-order valence-electron chi connectivity index (χ0n) is 6.83. The van der Waals surface area contributed by atoms with E-state index in [1.807, 2.05) is 0 Å². The standard InChI is InChI=1S/C8H9FO2S/c1-6-4-3-5-7(9)8(6)12(2,10)11/h3-5H,1-2H3. The molecule has 0 aliphatic heterocycles. The highest BCUT2D eigenvalue weighted by Crippen LogP contribution is 2.17. The van der Waals surface area contributed by atoms with Crippen LogP contribution in [0.5, 0.6) is 0 Å². The van der Waals surface area contributed by atoms with Gasteiger partial charge in [0.2, 0.25) is 0 Å². The number of benzene rings is 1. The van der Waals surface area contributed by atoms with Gasteiger partial charge >= 0.3 is 0 Å². The van der Waals surface area contributed by atoms with Crippen molar-refractivity contribution in [2.24, 2.45) is 0 Å². The van der Waals surface area contributed by atoms with Crippen molar-refractivity contribution >= 4 is 9.84 Å². The summed E-state index contributed by atoms with van der Waals surface area (Å²) in [6.07, 6.45) is 0.998. The first-order valence-electron chi connectivity index (χ1n) is 3.38. The van der Waals surface area contributed by atoms with Gasteiger partial charge in [-0.1, -0.05) is 12.1 Å². The predicted molar refractivity (Wildman–Crippen MR) is 44.2 cm³/mol. The summed E-state index contributed by atoms with van der Waals surface area (Å²) in [6.45, 7) is 1.57. The maximum absolute atomic E-state index is 13.0. The third-order valence-electron chi connectivity index (χ3n) is 1.53. The number of sulfone groups is 1. The molecule has 0 fully saturated rings. The van der Waals surface area contributed by atoms with Crippen LogP contribution >= 0.6 is 0 Å². The number of aryl methyl sites for hydroxylation is 1. The van der Waals surface area contributed by atoms with E-state index in [1.54, 1.807) is 13.0 Å². The van der Waals surface area contributed by atoms with Crippen LogP contribution in [0.4, 0.5) is 4.39 Å². The van der Waals surface area contributed by atoms with E-state index in [2.05, 4.69) is 0 Å². The molecule has 0 amide bonds. The molecule has 0 radical (unpaired) electrons. The van der Waals surface area contributed by atoms with E-state index >= 15 is 0 Å². The second kappa shape index (κ2) is 2.86. The van der Waals surface area contributed by atoms with Crippen LogP contribution in [0.2, 0.25) is 0 Å². The molecule has 0 aliphatic rings. The molecule has 12 heavy (non-hydrogen) atoms. The number of rotatable bonds is 1. The maximum atomic E-state index is 13.0. The molecule has 0 aliphatic carbocycles. The second-order valence-electron chi connectivity index (χ2n) is 2.66. The molecule has 0 spiro atoms. The predicted octanol–water partition coefficient (Wildman–Crippen LogP) is 1.54. The first-order chi connectivity index (χ1) is 5.43. The van der Waals surface area contributed by atoms with E-state index in [9.17, 15) is 12.8 Å². The highest BCUT2D eigenvalue weighted by molar-refractivity contribution is 7.90. The van der Waals surface area contributed by atoms with Crippen LogP contribution in [0.25, 0.3) is 0 Å². The molecule has 4 heteroatoms. The minimum atomic E-state index is -3.44. The molecule has 1 aromatic carbocycles. The van der Waals surface area contributed by atoms with Gasteiger partial charge in [0.05, 0.1) is 0 Å². The quantitative estimate of drug-likeness (QED) is 0.670. The Morgan fingerprint density at radius 1 is 1.33 bits per heavy atom. The molecule has 0 saturated carbocycles. The van der Waals surface area contributed by atoms with Crippen molar-refractivity contribution in [1.82, 2.24) is 0 Å². The van der Waals surface area contributed by atoms with E-state index < -0.39 is 15.7 Å². The van der Waals surface area contributed by atoms with Gasteiger partial charge in [0.15, 0.2) is 9.84 Å². The second-order valence-corrected chi connectivity index (χ2v) is 4.61. The van der Waals surface area contributed by atoms with Crippen LogP contribution in [-0.2, 0) is 9.84 Å². The summed E-state index contributed by atoms with van der Waals surface area (Å²) in [7, 11) is -3.44. The van der Waals surface area contributed by atoms with Crippen LogP contribution in [-0.4, -0.2) is 14.7 Å². The van der Waals surface area contributed by atoms with Gasteiger partial charge in [0, 0.05) is 6.26 Å². The van der Waals surface area contributed by atoms with Crippen molar-refractivity contribution in [3.63, 3.8) is 0 Å². The van der Waals surface area contributed by atoms with Crippen molar-refractivity contribution in [1.29, 1.82) is 0 Å². The summed E-state index contributed by atoms with van der Waals surface area (Å²) < 4.78 is 35.0. The van der Waals surface area contributed by atoms with Crippen molar-refractivity contribution in [2.45, 2.75) is 11.8 Å². The minimum Gasteiger partial charge on any atom is -0.224 e. The molecule has 0 aromatic heterocycles. The Labute approximate surface area is 71.0 Å². The zero-order chi connectivity index (χ0) is 9.35. The average molecular weight is 188 g/mol. The molecular formula is C8H9FO2S. The largest absolute Gasteiger partial charge is 0.224 e. The van der Waals surface area contributed by atoms with Crippen molar-refractivity contribution in [3.8, 4) is 0 Å². The molecule has 0 heterocycles. The summed E-state index contributed by atoms with van der Waals surface area (Å²) in [4.78, 5) is -0.204. The normalized spacial score (nSPS) is 11.6. The summed E-state index contributed by atoms with van der Waals surface area (Å²) in [5.74, 6) is -0.683. The Morgan fingerprint density at radius 2 is 1.92 bits per heavy atom. The maximum Gasteiger partial charge on any atom is 0.178 e. The molecule has 0 saturated heterocycles. The van der Waals surface area contributed by atoms with E-state index in [1.165, 1.54) is 6.07 Å². The molecular weight excluding hydrogens is 179 g/mol. The molecule has 0 atom stereocenters. The van der Waals surface area contributed by atoms with Gasteiger partial charge in [-0.15, -0.1) is 0 Å². The average Bonchev–Trinajstić information content (AvgIpc) is 1.82. The van der Waals surface area contributed by atoms with Gasteiger partial charge in [-0.05, 0) is 18.6 Å². The van der Waals surface area contributed by atoms with Crippen LogP contribution < -0.4 is 0 Å². The summed E-state index contributed by atoms with van der Waals surface area (Å²) >= 11 is 0. The van der Waals surface area contributed by atoms with Crippen molar-refractivity contribution < 1.29 is 12.8 Å².